The van der Waals surface area contributed by atoms with Gasteiger partial charge in [0.15, 0.2) is 46.0 Å². The lowest BCUT2D eigenvalue weighted by Crippen LogP contribution is -2.12. The molecule has 0 spiro atoms. The van der Waals surface area contributed by atoms with Crippen molar-refractivity contribution in [2.45, 2.75) is 0 Å². The number of hydrogen-bond acceptors (Lipinski definition) is 11. The molecule has 0 saturated heterocycles. The molecule has 8 N–H and O–H groups in total. The lowest BCUT2D eigenvalue weighted by molar-refractivity contribution is 0.102. The summed E-state index contributed by atoms with van der Waals surface area (Å²) >= 11 is 0. The summed E-state index contributed by atoms with van der Waals surface area (Å²) in [5.74, 6) is -9.94. The summed E-state index contributed by atoms with van der Waals surface area (Å²) in [5, 5.41) is 80.9. The highest BCUT2D eigenvalue weighted by Crippen LogP contribution is 2.55. The maximum Gasteiger partial charge on any atom is 0.208 e. The van der Waals surface area contributed by atoms with Crippen LogP contribution in [0.3, 0.4) is 0 Å². The van der Waals surface area contributed by atoms with E-state index < -0.39 is 74.3 Å². The van der Waals surface area contributed by atoms with Crippen LogP contribution in [-0.2, 0) is 0 Å². The zero-order valence-corrected chi connectivity index (χ0v) is 15.4. The molecule has 2 rings (SSSR count). The second-order valence-electron chi connectivity index (χ2n) is 6.35. The fourth-order valence-electron chi connectivity index (χ4n) is 2.77. The molecule has 0 bridgehead atoms. The SMILES string of the molecule is CN(C)c1c(O)c(O)c(C(=O)c2c(O)c(O)c(N(C)C)c(O)c2O)c(O)c1O. The van der Waals surface area contributed by atoms with Crippen molar-refractivity contribution >= 4 is 17.2 Å². The predicted molar refractivity (Wildman–Crippen MR) is 98.3 cm³/mol. The summed E-state index contributed by atoms with van der Waals surface area (Å²) in [4.78, 5) is 15.1. The van der Waals surface area contributed by atoms with Gasteiger partial charge in [0.05, 0.1) is 0 Å². The Labute approximate surface area is 158 Å². The first-order valence-electron chi connectivity index (χ1n) is 7.73. The number of rotatable bonds is 4. The Bertz CT molecular complexity index is 848. The van der Waals surface area contributed by atoms with E-state index in [2.05, 4.69) is 0 Å². The van der Waals surface area contributed by atoms with E-state index in [0.29, 0.717) is 0 Å². The van der Waals surface area contributed by atoms with Crippen molar-refractivity contribution in [3.63, 3.8) is 0 Å². The maximum absolute atomic E-state index is 12.8. The molecule has 0 atom stereocenters. The Hall–Kier alpha value is -3.89. The quantitative estimate of drug-likeness (QED) is 0.206. The van der Waals surface area contributed by atoms with Crippen molar-refractivity contribution in [2.24, 2.45) is 0 Å². The largest absolute Gasteiger partial charge is 0.504 e. The van der Waals surface area contributed by atoms with Crippen LogP contribution in [0, 0.1) is 0 Å². The van der Waals surface area contributed by atoms with Crippen LogP contribution in [0.2, 0.25) is 0 Å². The second-order valence-corrected chi connectivity index (χ2v) is 6.35. The first-order valence-corrected chi connectivity index (χ1v) is 7.73. The minimum Gasteiger partial charge on any atom is -0.504 e. The monoisotopic (exact) mass is 396 g/mol. The average molecular weight is 396 g/mol. The Morgan fingerprint density at radius 1 is 0.500 bits per heavy atom. The molecule has 2 aromatic carbocycles. The average Bonchev–Trinajstić information content (AvgIpc) is 2.58. The summed E-state index contributed by atoms with van der Waals surface area (Å²) in [6, 6.07) is 0. The first kappa shape index (κ1) is 20.4. The lowest BCUT2D eigenvalue weighted by Gasteiger charge is -2.21. The van der Waals surface area contributed by atoms with Crippen LogP contribution in [0.4, 0.5) is 11.4 Å². The minimum absolute atomic E-state index is 0.395. The van der Waals surface area contributed by atoms with E-state index in [4.69, 9.17) is 0 Å². The summed E-state index contributed by atoms with van der Waals surface area (Å²) < 4.78 is 0. The van der Waals surface area contributed by atoms with Gasteiger partial charge < -0.3 is 50.7 Å². The fourth-order valence-corrected chi connectivity index (χ4v) is 2.77. The molecule has 0 fully saturated rings. The molecule has 0 unspecified atom stereocenters. The third-order valence-corrected chi connectivity index (χ3v) is 4.09. The van der Waals surface area contributed by atoms with Gasteiger partial charge >= 0.3 is 0 Å². The Balaban J connectivity index is 2.86. The summed E-state index contributed by atoms with van der Waals surface area (Å²) in [6.07, 6.45) is 0. The molecule has 2 aromatic rings. The molecular weight excluding hydrogens is 376 g/mol. The van der Waals surface area contributed by atoms with Crippen molar-refractivity contribution in [1.29, 1.82) is 0 Å². The van der Waals surface area contributed by atoms with Crippen LogP contribution < -0.4 is 9.80 Å². The number of phenolic OH excluding ortho intramolecular Hbond substituents is 8. The van der Waals surface area contributed by atoms with Gasteiger partial charge in [0.2, 0.25) is 5.78 Å². The molecule has 0 aliphatic heterocycles. The van der Waals surface area contributed by atoms with E-state index in [1.54, 1.807) is 0 Å². The highest BCUT2D eigenvalue weighted by molar-refractivity contribution is 6.18. The van der Waals surface area contributed by atoms with Gasteiger partial charge in [-0.25, -0.2) is 0 Å². The summed E-state index contributed by atoms with van der Waals surface area (Å²) in [7, 11) is 5.51. The summed E-state index contributed by atoms with van der Waals surface area (Å²) in [5.41, 5.74) is -2.92. The van der Waals surface area contributed by atoms with Crippen molar-refractivity contribution in [2.75, 3.05) is 38.0 Å². The van der Waals surface area contributed by atoms with Crippen LogP contribution in [0.1, 0.15) is 15.9 Å². The normalized spacial score (nSPS) is 10.7. The van der Waals surface area contributed by atoms with Crippen LogP contribution in [0.15, 0.2) is 0 Å². The van der Waals surface area contributed by atoms with E-state index in [0.717, 1.165) is 9.80 Å². The van der Waals surface area contributed by atoms with Gasteiger partial charge in [-0.3, -0.25) is 4.79 Å². The van der Waals surface area contributed by atoms with Gasteiger partial charge in [-0.2, -0.15) is 0 Å². The predicted octanol–water partition coefficient (Wildman–Crippen LogP) is 0.694. The standard InChI is InChI=1S/C17H20N2O9/c1-18(2)7-14(25)10(21)5(11(22)15(7)26)9(20)6-12(23)16(27)8(19(3)4)17(28)13(6)24/h21-28H,1-4H3. The number of nitrogens with zero attached hydrogens (tertiary/aromatic N) is 2. The van der Waals surface area contributed by atoms with Crippen LogP contribution in [0.5, 0.6) is 46.0 Å². The molecule has 0 aliphatic carbocycles. The molecule has 0 aromatic heterocycles. The van der Waals surface area contributed by atoms with Crippen molar-refractivity contribution in [3.05, 3.63) is 11.1 Å². The number of anilines is 2. The zero-order valence-electron chi connectivity index (χ0n) is 15.4. The van der Waals surface area contributed by atoms with E-state index in [1.165, 1.54) is 28.2 Å². The Kier molecular flexibility index (Phi) is 4.88. The smallest absolute Gasteiger partial charge is 0.208 e. The van der Waals surface area contributed by atoms with E-state index in [9.17, 15) is 45.6 Å². The van der Waals surface area contributed by atoms with Gasteiger partial charge in [0, 0.05) is 28.2 Å². The Morgan fingerprint density at radius 3 is 0.893 bits per heavy atom. The number of phenols is 8. The van der Waals surface area contributed by atoms with Gasteiger partial charge in [0.25, 0.3) is 0 Å². The van der Waals surface area contributed by atoms with Crippen molar-refractivity contribution in [3.8, 4) is 46.0 Å². The molecule has 11 heteroatoms. The van der Waals surface area contributed by atoms with Crippen molar-refractivity contribution in [1.82, 2.24) is 0 Å². The third-order valence-electron chi connectivity index (χ3n) is 4.09. The van der Waals surface area contributed by atoms with Crippen molar-refractivity contribution < 1.29 is 45.6 Å². The molecule has 0 radical (unpaired) electrons. The molecular formula is C17H20N2O9. The van der Waals surface area contributed by atoms with Gasteiger partial charge in [0.1, 0.15) is 22.5 Å². The highest BCUT2D eigenvalue weighted by atomic mass is 16.3. The fraction of sp³-hybridized carbons (Fsp3) is 0.235. The number of benzene rings is 2. The van der Waals surface area contributed by atoms with Gasteiger partial charge in [-0.1, -0.05) is 0 Å². The molecule has 0 aliphatic rings. The molecule has 0 saturated carbocycles. The zero-order chi connectivity index (χ0) is 21.7. The third kappa shape index (κ3) is 2.73. The highest BCUT2D eigenvalue weighted by Gasteiger charge is 2.35. The molecule has 152 valence electrons. The molecule has 11 nitrogen and oxygen atoms in total. The van der Waals surface area contributed by atoms with Gasteiger partial charge in [-0.05, 0) is 0 Å². The molecule has 0 amide bonds. The second kappa shape index (κ2) is 6.68. The van der Waals surface area contributed by atoms with Crippen LogP contribution in [-0.4, -0.2) is 74.8 Å². The van der Waals surface area contributed by atoms with E-state index in [-0.39, 0.29) is 0 Å². The first-order chi connectivity index (χ1) is 12.8. The summed E-state index contributed by atoms with van der Waals surface area (Å²) in [6.45, 7) is 0. The minimum atomic E-state index is -1.49. The number of aromatic hydroxyl groups is 8. The van der Waals surface area contributed by atoms with E-state index in [1.807, 2.05) is 0 Å². The maximum atomic E-state index is 12.8. The lowest BCUT2D eigenvalue weighted by atomic mass is 9.96. The topological polar surface area (TPSA) is 185 Å². The number of carbonyl (C=O) groups excluding carboxylic acids is 1. The van der Waals surface area contributed by atoms with E-state index >= 15 is 0 Å². The number of hydrogen-bond donors (Lipinski definition) is 8. The molecule has 28 heavy (non-hydrogen) atoms. The molecule has 0 heterocycles. The number of carbonyl (C=O) groups is 1. The van der Waals surface area contributed by atoms with Crippen LogP contribution in [0.25, 0.3) is 0 Å². The van der Waals surface area contributed by atoms with Crippen LogP contribution >= 0.6 is 0 Å². The number of ketones is 1. The Morgan fingerprint density at radius 2 is 0.714 bits per heavy atom. The van der Waals surface area contributed by atoms with Gasteiger partial charge in [-0.15, -0.1) is 0 Å².